The van der Waals surface area contributed by atoms with Crippen LogP contribution in [0.2, 0.25) is 0 Å². The first-order valence-corrected chi connectivity index (χ1v) is 9.11. The summed E-state index contributed by atoms with van der Waals surface area (Å²) in [4.78, 5) is 38.4. The number of nitrogens with zero attached hydrogens (tertiary/aromatic N) is 1. The van der Waals surface area contributed by atoms with Crippen molar-refractivity contribution < 1.29 is 23.9 Å². The zero-order chi connectivity index (χ0) is 20.0. The molecule has 2 rings (SSSR count). The first-order chi connectivity index (χ1) is 12.7. The zero-order valence-corrected chi connectivity index (χ0v) is 16.4. The van der Waals surface area contributed by atoms with E-state index in [1.54, 1.807) is 25.7 Å². The molecular weight excluding hydrogens is 348 g/mol. The summed E-state index contributed by atoms with van der Waals surface area (Å²) in [5, 5.41) is 2.70. The lowest BCUT2D eigenvalue weighted by molar-refractivity contribution is -0.152. The maximum atomic E-state index is 12.5. The van der Waals surface area contributed by atoms with Crippen molar-refractivity contribution in [1.82, 2.24) is 10.2 Å². The van der Waals surface area contributed by atoms with Gasteiger partial charge in [-0.1, -0.05) is 30.3 Å². The largest absolute Gasteiger partial charge is 0.467 e. The van der Waals surface area contributed by atoms with E-state index in [4.69, 9.17) is 9.47 Å². The van der Waals surface area contributed by atoms with E-state index in [1.807, 2.05) is 30.3 Å². The molecule has 0 saturated carbocycles. The second-order valence-corrected chi connectivity index (χ2v) is 7.60. The predicted molar refractivity (Wildman–Crippen MR) is 100 cm³/mol. The molecule has 7 nitrogen and oxygen atoms in total. The van der Waals surface area contributed by atoms with Crippen LogP contribution in [-0.4, -0.2) is 54.2 Å². The number of carbonyl (C=O) groups is 3. The lowest BCUT2D eigenvalue weighted by Crippen LogP contribution is -2.51. The number of amides is 2. The predicted octanol–water partition coefficient (Wildman–Crippen LogP) is 2.29. The van der Waals surface area contributed by atoms with E-state index in [1.165, 1.54) is 7.11 Å². The van der Waals surface area contributed by atoms with Crippen molar-refractivity contribution in [1.29, 1.82) is 0 Å². The number of carbonyl (C=O) groups excluding carboxylic acids is 3. The van der Waals surface area contributed by atoms with Crippen LogP contribution in [0.4, 0.5) is 4.79 Å². The van der Waals surface area contributed by atoms with Crippen molar-refractivity contribution in [2.24, 2.45) is 0 Å². The number of hydrogen-bond acceptors (Lipinski definition) is 5. The molecule has 1 fully saturated rings. The summed E-state index contributed by atoms with van der Waals surface area (Å²) in [6.07, 6.45) is 0.724. The van der Waals surface area contributed by atoms with Gasteiger partial charge in [-0.05, 0) is 32.8 Å². The third-order valence-corrected chi connectivity index (χ3v) is 4.33. The molecule has 0 spiro atoms. The standard InChI is InChI=1S/C20H28N2O5/c1-20(2,3)27-19(25)21-13-15-10-11-17(23)22(15)16(18(24)26-4)12-14-8-6-5-7-9-14/h5-9,15-16H,10-13H2,1-4H3,(H,21,25)/t15-,16+/m1/s1. The highest BCUT2D eigenvalue weighted by molar-refractivity contribution is 5.86. The van der Waals surface area contributed by atoms with E-state index < -0.39 is 23.7 Å². The van der Waals surface area contributed by atoms with Crippen LogP contribution < -0.4 is 5.32 Å². The molecule has 0 aliphatic carbocycles. The summed E-state index contributed by atoms with van der Waals surface area (Å²) in [7, 11) is 1.31. The van der Waals surface area contributed by atoms with Crippen molar-refractivity contribution in [3.63, 3.8) is 0 Å². The Hall–Kier alpha value is -2.57. The van der Waals surface area contributed by atoms with Gasteiger partial charge in [0.15, 0.2) is 0 Å². The molecule has 0 bridgehead atoms. The van der Waals surface area contributed by atoms with E-state index in [0.717, 1.165) is 5.56 Å². The first kappa shape index (κ1) is 20.7. The van der Waals surface area contributed by atoms with E-state index in [2.05, 4.69) is 5.32 Å². The average molecular weight is 376 g/mol. The third-order valence-electron chi connectivity index (χ3n) is 4.33. The van der Waals surface area contributed by atoms with Crippen molar-refractivity contribution in [2.45, 2.75) is 57.7 Å². The van der Waals surface area contributed by atoms with Gasteiger partial charge in [0.25, 0.3) is 0 Å². The summed E-state index contributed by atoms with van der Waals surface area (Å²) in [5.74, 6) is -0.575. The minimum atomic E-state index is -0.724. The van der Waals surface area contributed by atoms with E-state index in [0.29, 0.717) is 19.3 Å². The molecular formula is C20H28N2O5. The van der Waals surface area contributed by atoms with Crippen LogP contribution in [-0.2, 0) is 25.5 Å². The van der Waals surface area contributed by atoms with E-state index >= 15 is 0 Å². The summed E-state index contributed by atoms with van der Waals surface area (Å²) in [6.45, 7) is 5.57. The van der Waals surface area contributed by atoms with Gasteiger partial charge in [-0.15, -0.1) is 0 Å². The van der Waals surface area contributed by atoms with Crippen LogP contribution >= 0.6 is 0 Å². The van der Waals surface area contributed by atoms with Crippen molar-refractivity contribution in [3.05, 3.63) is 35.9 Å². The highest BCUT2D eigenvalue weighted by Gasteiger charge is 2.40. The number of hydrogen-bond donors (Lipinski definition) is 1. The van der Waals surface area contributed by atoms with Crippen LogP contribution in [0.25, 0.3) is 0 Å². The van der Waals surface area contributed by atoms with Gasteiger partial charge >= 0.3 is 12.1 Å². The fourth-order valence-corrected chi connectivity index (χ4v) is 3.17. The lowest BCUT2D eigenvalue weighted by Gasteiger charge is -2.32. The smallest absolute Gasteiger partial charge is 0.407 e. The van der Waals surface area contributed by atoms with Crippen LogP contribution in [0.15, 0.2) is 30.3 Å². The van der Waals surface area contributed by atoms with Crippen molar-refractivity contribution in [3.8, 4) is 0 Å². The molecule has 1 heterocycles. The summed E-state index contributed by atoms with van der Waals surface area (Å²) >= 11 is 0. The van der Waals surface area contributed by atoms with Crippen LogP contribution in [0.1, 0.15) is 39.2 Å². The Kier molecular flexibility index (Phi) is 6.82. The van der Waals surface area contributed by atoms with Crippen LogP contribution in [0.5, 0.6) is 0 Å². The molecule has 2 amide bonds. The molecule has 2 atom stereocenters. The monoisotopic (exact) mass is 376 g/mol. The highest BCUT2D eigenvalue weighted by atomic mass is 16.6. The van der Waals surface area contributed by atoms with E-state index in [9.17, 15) is 14.4 Å². The molecule has 7 heteroatoms. The number of methoxy groups -OCH3 is 1. The lowest BCUT2D eigenvalue weighted by atomic mass is 10.0. The number of ether oxygens (including phenoxy) is 2. The minimum absolute atomic E-state index is 0.114. The molecule has 1 aromatic carbocycles. The van der Waals surface area contributed by atoms with Crippen LogP contribution in [0.3, 0.4) is 0 Å². The summed E-state index contributed by atoms with van der Waals surface area (Å²) in [5.41, 5.74) is 0.336. The Balaban J connectivity index is 2.10. The van der Waals surface area contributed by atoms with Gasteiger partial charge in [-0.3, -0.25) is 4.79 Å². The van der Waals surface area contributed by atoms with Crippen molar-refractivity contribution >= 4 is 18.0 Å². The van der Waals surface area contributed by atoms with Gasteiger partial charge in [0.1, 0.15) is 11.6 Å². The number of rotatable bonds is 6. The zero-order valence-electron chi connectivity index (χ0n) is 16.4. The van der Waals surface area contributed by atoms with Gasteiger partial charge in [0.05, 0.1) is 13.2 Å². The number of nitrogens with one attached hydrogen (secondary N) is 1. The number of alkyl carbamates (subject to hydrolysis) is 1. The number of esters is 1. The van der Waals surface area contributed by atoms with Gasteiger partial charge in [0.2, 0.25) is 5.91 Å². The number of benzene rings is 1. The first-order valence-electron chi connectivity index (χ1n) is 9.11. The summed E-state index contributed by atoms with van der Waals surface area (Å²) < 4.78 is 10.2. The molecule has 1 aromatic rings. The number of likely N-dealkylation sites (tertiary alicyclic amines) is 1. The Morgan fingerprint density at radius 1 is 1.26 bits per heavy atom. The Morgan fingerprint density at radius 3 is 2.52 bits per heavy atom. The highest BCUT2D eigenvalue weighted by Crippen LogP contribution is 2.24. The normalized spacial score (nSPS) is 18.1. The molecule has 1 saturated heterocycles. The Bertz CT molecular complexity index is 669. The van der Waals surface area contributed by atoms with Crippen molar-refractivity contribution in [2.75, 3.05) is 13.7 Å². The molecule has 1 aliphatic heterocycles. The summed E-state index contributed by atoms with van der Waals surface area (Å²) in [6, 6.07) is 8.48. The van der Waals surface area contributed by atoms with E-state index in [-0.39, 0.29) is 18.5 Å². The minimum Gasteiger partial charge on any atom is -0.467 e. The molecule has 0 aromatic heterocycles. The molecule has 0 unspecified atom stereocenters. The Labute approximate surface area is 160 Å². The maximum absolute atomic E-state index is 12.5. The fraction of sp³-hybridized carbons (Fsp3) is 0.550. The quantitative estimate of drug-likeness (QED) is 0.770. The second-order valence-electron chi connectivity index (χ2n) is 7.60. The van der Waals surface area contributed by atoms with Gasteiger partial charge in [0, 0.05) is 19.4 Å². The van der Waals surface area contributed by atoms with Crippen LogP contribution in [0, 0.1) is 0 Å². The molecule has 0 radical (unpaired) electrons. The SMILES string of the molecule is COC(=O)[C@H](Cc1ccccc1)N1C(=O)CC[C@@H]1CNC(=O)OC(C)(C)C. The second kappa shape index (κ2) is 8.88. The third kappa shape index (κ3) is 5.98. The van der Waals surface area contributed by atoms with Gasteiger partial charge in [-0.25, -0.2) is 9.59 Å². The molecule has 1 aliphatic rings. The average Bonchev–Trinajstić information content (AvgIpc) is 2.97. The Morgan fingerprint density at radius 2 is 1.93 bits per heavy atom. The molecule has 148 valence electrons. The topological polar surface area (TPSA) is 84.9 Å². The van der Waals surface area contributed by atoms with Gasteiger partial charge < -0.3 is 19.7 Å². The molecule has 27 heavy (non-hydrogen) atoms. The molecule has 1 N–H and O–H groups in total. The van der Waals surface area contributed by atoms with Gasteiger partial charge in [-0.2, -0.15) is 0 Å². The maximum Gasteiger partial charge on any atom is 0.407 e. The fourth-order valence-electron chi connectivity index (χ4n) is 3.17.